The molecule has 1 aromatic rings. The Morgan fingerprint density at radius 3 is 2.44 bits per heavy atom. The average molecular weight is 349 g/mol. The molecule has 1 aromatic carbocycles. The number of benzene rings is 1. The number of ether oxygens (including phenoxy) is 1. The molecule has 0 aromatic heterocycles. The number of guanidine groups is 1. The first kappa shape index (κ1) is 21.3. The van der Waals surface area contributed by atoms with Crippen molar-refractivity contribution in [3.8, 4) is 5.75 Å². The number of hydrogen-bond donors (Lipinski definition) is 2. The van der Waals surface area contributed by atoms with E-state index in [1.54, 1.807) is 0 Å². The summed E-state index contributed by atoms with van der Waals surface area (Å²) in [7, 11) is 4.27. The largest absolute Gasteiger partial charge is 0.492 e. The summed E-state index contributed by atoms with van der Waals surface area (Å²) in [6.45, 7) is 6.39. The summed E-state index contributed by atoms with van der Waals surface area (Å²) in [4.78, 5) is 6.88. The Bertz CT molecular complexity index is 448. The van der Waals surface area contributed by atoms with E-state index in [4.69, 9.17) is 4.74 Å². The van der Waals surface area contributed by atoms with Crippen molar-refractivity contribution in [1.29, 1.82) is 0 Å². The van der Waals surface area contributed by atoms with Gasteiger partial charge in [0, 0.05) is 13.1 Å². The van der Waals surface area contributed by atoms with Gasteiger partial charge in [-0.2, -0.15) is 0 Å². The van der Waals surface area contributed by atoms with Crippen molar-refractivity contribution in [2.45, 2.75) is 39.0 Å². The van der Waals surface area contributed by atoms with Crippen molar-refractivity contribution in [1.82, 2.24) is 15.5 Å². The second kappa shape index (κ2) is 14.6. The molecule has 0 fully saturated rings. The highest BCUT2D eigenvalue weighted by atomic mass is 16.5. The predicted octanol–water partition coefficient (Wildman–Crippen LogP) is 3.13. The third-order valence-electron chi connectivity index (χ3n) is 3.78. The second-order valence-corrected chi connectivity index (χ2v) is 6.42. The van der Waals surface area contributed by atoms with Gasteiger partial charge in [-0.25, -0.2) is 0 Å². The van der Waals surface area contributed by atoms with Crippen LogP contribution in [0.3, 0.4) is 0 Å². The lowest BCUT2D eigenvalue weighted by atomic mass is 10.1. The number of hydrogen-bond acceptors (Lipinski definition) is 3. The predicted molar refractivity (Wildman–Crippen MR) is 108 cm³/mol. The molecule has 0 spiro atoms. The van der Waals surface area contributed by atoms with Gasteiger partial charge in [0.25, 0.3) is 0 Å². The fraction of sp³-hybridized carbons (Fsp3) is 0.650. The molecule has 25 heavy (non-hydrogen) atoms. The molecule has 1 rings (SSSR count). The first-order chi connectivity index (χ1) is 12.2. The average Bonchev–Trinajstić information content (AvgIpc) is 2.61. The Morgan fingerprint density at radius 2 is 1.72 bits per heavy atom. The fourth-order valence-corrected chi connectivity index (χ4v) is 2.46. The van der Waals surface area contributed by atoms with Crippen LogP contribution in [-0.2, 0) is 0 Å². The van der Waals surface area contributed by atoms with Gasteiger partial charge in [-0.15, -0.1) is 0 Å². The van der Waals surface area contributed by atoms with Crippen molar-refractivity contribution in [3.63, 3.8) is 0 Å². The molecule has 0 aliphatic rings. The van der Waals surface area contributed by atoms with Crippen LogP contribution in [0.15, 0.2) is 35.3 Å². The van der Waals surface area contributed by atoms with Crippen LogP contribution < -0.4 is 15.4 Å². The maximum absolute atomic E-state index is 5.68. The number of unbranched alkanes of at least 4 members (excludes halogenated alkanes) is 4. The van der Waals surface area contributed by atoms with Gasteiger partial charge in [0.2, 0.25) is 0 Å². The van der Waals surface area contributed by atoms with Gasteiger partial charge >= 0.3 is 0 Å². The third kappa shape index (κ3) is 12.3. The van der Waals surface area contributed by atoms with Crippen molar-refractivity contribution in [2.24, 2.45) is 4.99 Å². The van der Waals surface area contributed by atoms with Crippen LogP contribution in [0.4, 0.5) is 0 Å². The lowest BCUT2D eigenvalue weighted by Crippen LogP contribution is -2.39. The molecule has 0 unspecified atom stereocenters. The van der Waals surface area contributed by atoms with Crippen molar-refractivity contribution >= 4 is 5.96 Å². The molecule has 2 N–H and O–H groups in total. The van der Waals surface area contributed by atoms with E-state index >= 15 is 0 Å². The van der Waals surface area contributed by atoms with Crippen LogP contribution in [0.1, 0.15) is 39.0 Å². The molecular formula is C20H36N4O. The van der Waals surface area contributed by atoms with E-state index in [1.807, 2.05) is 30.3 Å². The van der Waals surface area contributed by atoms with Crippen molar-refractivity contribution < 1.29 is 4.74 Å². The highest BCUT2D eigenvalue weighted by Gasteiger charge is 1.98. The Morgan fingerprint density at radius 1 is 1.00 bits per heavy atom. The number of nitrogens with one attached hydrogen (secondary N) is 2. The van der Waals surface area contributed by atoms with Crippen molar-refractivity contribution in [3.05, 3.63) is 30.3 Å². The summed E-state index contributed by atoms with van der Waals surface area (Å²) in [6.07, 6.45) is 6.32. The maximum atomic E-state index is 5.68. The van der Waals surface area contributed by atoms with Crippen LogP contribution in [0.25, 0.3) is 0 Å². The Balaban J connectivity index is 2.10. The smallest absolute Gasteiger partial charge is 0.191 e. The molecule has 5 nitrogen and oxygen atoms in total. The number of para-hydroxylation sites is 1. The maximum Gasteiger partial charge on any atom is 0.191 e. The molecule has 0 saturated carbocycles. The minimum absolute atomic E-state index is 0.625. The number of nitrogens with zero attached hydrogens (tertiary/aromatic N) is 2. The van der Waals surface area contributed by atoms with E-state index in [2.05, 4.69) is 41.5 Å². The Hall–Kier alpha value is -1.75. The third-order valence-corrected chi connectivity index (χ3v) is 3.78. The Labute approximate surface area is 153 Å². The Kier molecular flexibility index (Phi) is 12.4. The molecule has 5 heteroatoms. The lowest BCUT2D eigenvalue weighted by molar-refractivity contribution is 0.322. The van der Waals surface area contributed by atoms with Gasteiger partial charge < -0.3 is 20.3 Å². The highest BCUT2D eigenvalue weighted by molar-refractivity contribution is 5.79. The fourth-order valence-electron chi connectivity index (χ4n) is 2.46. The quantitative estimate of drug-likeness (QED) is 0.327. The normalized spacial score (nSPS) is 11.6. The topological polar surface area (TPSA) is 48.9 Å². The van der Waals surface area contributed by atoms with E-state index in [1.165, 1.54) is 32.2 Å². The summed E-state index contributed by atoms with van der Waals surface area (Å²) in [5, 5.41) is 6.61. The monoisotopic (exact) mass is 348 g/mol. The molecule has 0 heterocycles. The molecular weight excluding hydrogens is 312 g/mol. The number of aliphatic imine (C=N–C) groups is 1. The van der Waals surface area contributed by atoms with Gasteiger partial charge in [0.15, 0.2) is 5.96 Å². The van der Waals surface area contributed by atoms with E-state index < -0.39 is 0 Å². The number of rotatable bonds is 13. The summed E-state index contributed by atoms with van der Waals surface area (Å²) in [6, 6.07) is 9.89. The second-order valence-electron chi connectivity index (χ2n) is 6.42. The minimum Gasteiger partial charge on any atom is -0.492 e. The first-order valence-corrected chi connectivity index (χ1v) is 9.57. The van der Waals surface area contributed by atoms with E-state index in [9.17, 15) is 0 Å². The standard InChI is InChI=1S/C20H36N4O/c1-4-21-20(22-15-11-6-5-7-12-17-24(2)3)23-16-18-25-19-13-9-8-10-14-19/h8-10,13-14H,4-7,11-12,15-18H2,1-3H3,(H2,21,22,23). The molecule has 0 atom stereocenters. The summed E-state index contributed by atoms with van der Waals surface area (Å²) in [5.74, 6) is 1.78. The van der Waals surface area contributed by atoms with E-state index in [0.29, 0.717) is 6.61 Å². The summed E-state index contributed by atoms with van der Waals surface area (Å²) < 4.78 is 5.68. The van der Waals surface area contributed by atoms with Crippen LogP contribution in [0.2, 0.25) is 0 Å². The highest BCUT2D eigenvalue weighted by Crippen LogP contribution is 2.07. The van der Waals surface area contributed by atoms with Crippen molar-refractivity contribution in [2.75, 3.05) is 46.9 Å². The zero-order valence-corrected chi connectivity index (χ0v) is 16.3. The molecule has 0 aliphatic heterocycles. The summed E-state index contributed by atoms with van der Waals surface area (Å²) in [5.41, 5.74) is 0. The van der Waals surface area contributed by atoms with Gasteiger partial charge in [-0.05, 0) is 52.5 Å². The van der Waals surface area contributed by atoms with Crippen LogP contribution in [0, 0.1) is 0 Å². The zero-order chi connectivity index (χ0) is 18.2. The molecule has 142 valence electrons. The van der Waals surface area contributed by atoms with Gasteiger partial charge in [-0.3, -0.25) is 4.99 Å². The van der Waals surface area contributed by atoms with Gasteiger partial charge in [0.1, 0.15) is 12.4 Å². The van der Waals surface area contributed by atoms with Crippen LogP contribution in [-0.4, -0.2) is 57.7 Å². The SMILES string of the molecule is CCNC(=NCCCCCCCN(C)C)NCCOc1ccccc1. The zero-order valence-electron chi connectivity index (χ0n) is 16.3. The van der Waals surface area contributed by atoms with E-state index in [0.717, 1.165) is 37.8 Å². The summed E-state index contributed by atoms with van der Waals surface area (Å²) >= 11 is 0. The van der Waals surface area contributed by atoms with Crippen LogP contribution in [0.5, 0.6) is 5.75 Å². The molecule has 0 radical (unpaired) electrons. The van der Waals surface area contributed by atoms with Crippen LogP contribution >= 0.6 is 0 Å². The molecule has 0 bridgehead atoms. The van der Waals surface area contributed by atoms with Gasteiger partial charge in [0.05, 0.1) is 6.54 Å². The molecule has 0 aliphatic carbocycles. The van der Waals surface area contributed by atoms with Gasteiger partial charge in [-0.1, -0.05) is 37.5 Å². The molecule has 0 saturated heterocycles. The van der Waals surface area contributed by atoms with E-state index in [-0.39, 0.29) is 0 Å². The lowest BCUT2D eigenvalue weighted by Gasteiger charge is -2.12. The first-order valence-electron chi connectivity index (χ1n) is 9.57. The molecule has 0 amide bonds. The minimum atomic E-state index is 0.625.